The average molecular weight is 527 g/mol. The molecule has 5 rings (SSSR count). The summed E-state index contributed by atoms with van der Waals surface area (Å²) in [5.74, 6) is 0.0714. The number of aryl methyl sites for hydroxylation is 1. The molecule has 0 spiro atoms. The van der Waals surface area contributed by atoms with E-state index in [0.29, 0.717) is 0 Å². The summed E-state index contributed by atoms with van der Waals surface area (Å²) in [5.41, 5.74) is 7.09. The first kappa shape index (κ1) is 24.8. The highest BCUT2D eigenvalue weighted by Gasteiger charge is 2.18. The summed E-state index contributed by atoms with van der Waals surface area (Å²) in [6.45, 7) is 4.36. The summed E-state index contributed by atoms with van der Waals surface area (Å²) < 4.78 is 30.3. The Morgan fingerprint density at radius 2 is 1.38 bits per heavy atom. The lowest BCUT2D eigenvalue weighted by Crippen LogP contribution is -2.09. The van der Waals surface area contributed by atoms with Gasteiger partial charge in [-0.2, -0.15) is 8.42 Å². The number of phenols is 1. The maximum absolute atomic E-state index is 12.5. The highest BCUT2D eigenvalue weighted by molar-refractivity contribution is 7.87. The molecule has 5 aromatic rings. The first-order valence-electron chi connectivity index (χ1n) is 11.9. The predicted octanol–water partition coefficient (Wildman–Crippen LogP) is 7.76. The number of benzene rings is 4. The molecular formula is C31H26O4S2. The Morgan fingerprint density at radius 1 is 0.757 bits per heavy atom. The predicted molar refractivity (Wildman–Crippen MR) is 150 cm³/mol. The Hall–Kier alpha value is -3.87. The lowest BCUT2D eigenvalue weighted by molar-refractivity contribution is 0.467. The summed E-state index contributed by atoms with van der Waals surface area (Å²) in [4.78, 5) is 2.60. The van der Waals surface area contributed by atoms with Crippen molar-refractivity contribution in [3.8, 4) is 33.8 Å². The van der Waals surface area contributed by atoms with Crippen molar-refractivity contribution in [3.63, 3.8) is 0 Å². The van der Waals surface area contributed by atoms with E-state index in [1.807, 2.05) is 29.5 Å². The normalized spacial score (nSPS) is 11.4. The molecule has 186 valence electrons. The lowest BCUT2D eigenvalue weighted by Gasteiger charge is -2.10. The number of aromatic hydroxyl groups is 1. The van der Waals surface area contributed by atoms with Crippen molar-refractivity contribution in [2.75, 3.05) is 0 Å². The molecule has 0 aliphatic rings. The third-order valence-electron chi connectivity index (χ3n) is 6.34. The second kappa shape index (κ2) is 10.2. The molecule has 0 atom stereocenters. The molecule has 1 aromatic heterocycles. The van der Waals surface area contributed by atoms with Gasteiger partial charge >= 0.3 is 10.1 Å². The van der Waals surface area contributed by atoms with Crippen molar-refractivity contribution in [2.45, 2.75) is 25.2 Å². The zero-order valence-corrected chi connectivity index (χ0v) is 22.1. The van der Waals surface area contributed by atoms with Gasteiger partial charge < -0.3 is 9.29 Å². The fourth-order valence-corrected chi connectivity index (χ4v) is 6.53. The van der Waals surface area contributed by atoms with Crippen LogP contribution >= 0.6 is 11.3 Å². The van der Waals surface area contributed by atoms with Crippen LogP contribution in [-0.4, -0.2) is 13.5 Å². The average Bonchev–Trinajstić information content (AvgIpc) is 3.17. The van der Waals surface area contributed by atoms with Gasteiger partial charge in [-0.05, 0) is 71.5 Å². The van der Waals surface area contributed by atoms with Crippen molar-refractivity contribution in [2.24, 2.45) is 0 Å². The van der Waals surface area contributed by atoms with Crippen molar-refractivity contribution in [1.82, 2.24) is 0 Å². The fourth-order valence-electron chi connectivity index (χ4n) is 4.33. The molecule has 37 heavy (non-hydrogen) atoms. The zero-order chi connectivity index (χ0) is 26.0. The standard InChI is InChI=1S/C31H26O4S2/c1-21-22(2)36-30(19-23-7-4-3-5-8-23)31(21)26-13-11-24(12-14-26)25-15-17-28(18-16-25)35-37(33,34)29-10-6-9-27(32)20-29/h3-18,20,32H,19H2,1-2H3. The van der Waals surface area contributed by atoms with Gasteiger partial charge in [-0.15, -0.1) is 11.3 Å². The van der Waals surface area contributed by atoms with Gasteiger partial charge in [0.2, 0.25) is 0 Å². The van der Waals surface area contributed by atoms with Gasteiger partial charge in [0.25, 0.3) is 0 Å². The second-order valence-corrected chi connectivity index (χ2v) is 11.7. The zero-order valence-electron chi connectivity index (χ0n) is 20.5. The third-order valence-corrected chi connectivity index (χ3v) is 8.79. The van der Waals surface area contributed by atoms with Crippen LogP contribution in [0.5, 0.6) is 11.5 Å². The third kappa shape index (κ3) is 5.45. The Bertz CT molecular complexity index is 1630. The van der Waals surface area contributed by atoms with Crippen molar-refractivity contribution in [3.05, 3.63) is 124 Å². The Balaban J connectivity index is 1.36. The van der Waals surface area contributed by atoms with Crippen LogP contribution in [0.3, 0.4) is 0 Å². The first-order chi connectivity index (χ1) is 17.8. The molecule has 0 radical (unpaired) electrons. The van der Waals surface area contributed by atoms with E-state index in [2.05, 4.69) is 62.4 Å². The van der Waals surface area contributed by atoms with Crippen LogP contribution in [0.25, 0.3) is 22.3 Å². The minimum Gasteiger partial charge on any atom is -0.508 e. The lowest BCUT2D eigenvalue weighted by atomic mass is 9.96. The number of hydrogen-bond acceptors (Lipinski definition) is 5. The van der Waals surface area contributed by atoms with Crippen LogP contribution in [0, 0.1) is 13.8 Å². The van der Waals surface area contributed by atoms with Crippen LogP contribution in [0.1, 0.15) is 20.9 Å². The molecule has 0 fully saturated rings. The van der Waals surface area contributed by atoms with Crippen LogP contribution in [0.2, 0.25) is 0 Å². The number of phenolic OH excluding ortho intramolecular Hbond substituents is 1. The quantitative estimate of drug-likeness (QED) is 0.220. The van der Waals surface area contributed by atoms with E-state index in [1.165, 1.54) is 50.2 Å². The first-order valence-corrected chi connectivity index (χ1v) is 14.1. The smallest absolute Gasteiger partial charge is 0.339 e. The number of thiophene rings is 1. The van der Waals surface area contributed by atoms with Gasteiger partial charge in [0.05, 0.1) is 0 Å². The summed E-state index contributed by atoms with van der Waals surface area (Å²) >= 11 is 1.86. The van der Waals surface area contributed by atoms with Crippen LogP contribution in [0.15, 0.2) is 108 Å². The maximum atomic E-state index is 12.5. The largest absolute Gasteiger partial charge is 0.508 e. The van der Waals surface area contributed by atoms with Crippen molar-refractivity contribution in [1.29, 1.82) is 0 Å². The van der Waals surface area contributed by atoms with E-state index in [9.17, 15) is 13.5 Å². The van der Waals surface area contributed by atoms with Crippen LogP contribution in [-0.2, 0) is 16.5 Å². The van der Waals surface area contributed by atoms with E-state index in [4.69, 9.17) is 4.18 Å². The molecular weight excluding hydrogens is 500 g/mol. The fraction of sp³-hybridized carbons (Fsp3) is 0.0968. The molecule has 0 saturated carbocycles. The monoisotopic (exact) mass is 526 g/mol. The molecule has 0 saturated heterocycles. The van der Waals surface area contributed by atoms with Gasteiger partial charge in [-0.1, -0.05) is 72.8 Å². The Morgan fingerprint density at radius 3 is 2.03 bits per heavy atom. The number of rotatable bonds is 7. The second-order valence-electron chi connectivity index (χ2n) is 8.88. The van der Waals surface area contributed by atoms with Crippen LogP contribution in [0.4, 0.5) is 0 Å². The van der Waals surface area contributed by atoms with Crippen molar-refractivity contribution < 1.29 is 17.7 Å². The molecule has 0 bridgehead atoms. The molecule has 6 heteroatoms. The van der Waals surface area contributed by atoms with E-state index in [-0.39, 0.29) is 16.4 Å². The topological polar surface area (TPSA) is 63.6 Å². The van der Waals surface area contributed by atoms with Gasteiger partial charge in [0.1, 0.15) is 16.4 Å². The molecule has 0 unspecified atom stereocenters. The highest BCUT2D eigenvalue weighted by Crippen LogP contribution is 2.38. The molecule has 0 aliphatic carbocycles. The van der Waals surface area contributed by atoms with Gasteiger partial charge in [-0.3, -0.25) is 0 Å². The number of hydrogen-bond donors (Lipinski definition) is 1. The van der Waals surface area contributed by atoms with Gasteiger partial charge in [-0.25, -0.2) is 0 Å². The van der Waals surface area contributed by atoms with Crippen LogP contribution < -0.4 is 4.18 Å². The van der Waals surface area contributed by atoms with Gasteiger partial charge in [0.15, 0.2) is 0 Å². The van der Waals surface area contributed by atoms with Gasteiger partial charge in [0, 0.05) is 22.2 Å². The summed E-state index contributed by atoms with van der Waals surface area (Å²) in [6.07, 6.45) is 0.907. The summed E-state index contributed by atoms with van der Waals surface area (Å²) in [7, 11) is -4.04. The minimum atomic E-state index is -4.04. The Labute approximate surface area is 221 Å². The molecule has 4 nitrogen and oxygen atoms in total. The van der Waals surface area contributed by atoms with E-state index in [0.717, 1.165) is 23.6 Å². The molecule has 1 N–H and O–H groups in total. The van der Waals surface area contributed by atoms with Crippen molar-refractivity contribution >= 4 is 21.5 Å². The van der Waals surface area contributed by atoms with E-state index < -0.39 is 10.1 Å². The van der Waals surface area contributed by atoms with E-state index in [1.54, 1.807) is 12.1 Å². The summed E-state index contributed by atoms with van der Waals surface area (Å²) in [5, 5.41) is 9.58. The molecule has 0 amide bonds. The molecule has 0 aliphatic heterocycles. The maximum Gasteiger partial charge on any atom is 0.339 e. The minimum absolute atomic E-state index is 0.0993. The SMILES string of the molecule is Cc1sc(Cc2ccccc2)c(-c2ccc(-c3ccc(OS(=O)(=O)c4cccc(O)c4)cc3)cc2)c1C. The summed E-state index contributed by atoms with van der Waals surface area (Å²) in [6, 6.07) is 31.4. The molecule has 4 aromatic carbocycles. The molecule has 1 heterocycles. The van der Waals surface area contributed by atoms with E-state index >= 15 is 0 Å². The highest BCUT2D eigenvalue weighted by atomic mass is 32.2. The Kier molecular flexibility index (Phi) is 6.87.